The van der Waals surface area contributed by atoms with Gasteiger partial charge in [-0.15, -0.1) is 0 Å². The number of nitro benzene ring substituents is 1. The number of benzene rings is 2. The Morgan fingerprint density at radius 2 is 1.94 bits per heavy atom. The maximum Gasteiger partial charge on any atom is 0.338 e. The van der Waals surface area contributed by atoms with E-state index in [0.717, 1.165) is 6.42 Å². The molecule has 33 heavy (non-hydrogen) atoms. The SMILES string of the molecule is CCc1ccc(OC2=COC3CC(OC(=O)c4cccc([N+](=O)[O-])c4C)CCC3C2=O)cc1. The van der Waals surface area contributed by atoms with Crippen molar-refractivity contribution in [3.05, 3.63) is 81.3 Å². The van der Waals surface area contributed by atoms with E-state index >= 15 is 0 Å². The van der Waals surface area contributed by atoms with Crippen molar-refractivity contribution in [2.75, 3.05) is 0 Å². The van der Waals surface area contributed by atoms with Crippen molar-refractivity contribution >= 4 is 17.4 Å². The number of ketones is 1. The van der Waals surface area contributed by atoms with Crippen LogP contribution in [0.2, 0.25) is 0 Å². The molecule has 0 N–H and O–H groups in total. The molecule has 3 atom stereocenters. The second-order valence-corrected chi connectivity index (χ2v) is 8.27. The van der Waals surface area contributed by atoms with Gasteiger partial charge in [0.15, 0.2) is 0 Å². The fourth-order valence-electron chi connectivity index (χ4n) is 4.29. The van der Waals surface area contributed by atoms with E-state index in [0.29, 0.717) is 25.0 Å². The van der Waals surface area contributed by atoms with Gasteiger partial charge in [-0.05, 0) is 49.9 Å². The number of esters is 1. The molecule has 3 unspecified atom stereocenters. The van der Waals surface area contributed by atoms with Crippen molar-refractivity contribution < 1.29 is 28.7 Å². The van der Waals surface area contributed by atoms with Crippen molar-refractivity contribution in [3.8, 4) is 5.75 Å². The number of nitrogens with zero attached hydrogens (tertiary/aromatic N) is 1. The van der Waals surface area contributed by atoms with Crippen LogP contribution in [0.4, 0.5) is 5.69 Å². The summed E-state index contributed by atoms with van der Waals surface area (Å²) in [5.41, 5.74) is 1.48. The van der Waals surface area contributed by atoms with Gasteiger partial charge in [0.25, 0.3) is 5.69 Å². The van der Waals surface area contributed by atoms with E-state index < -0.39 is 23.1 Å². The summed E-state index contributed by atoms with van der Waals surface area (Å²) >= 11 is 0. The van der Waals surface area contributed by atoms with E-state index in [4.69, 9.17) is 14.2 Å². The van der Waals surface area contributed by atoms with Crippen LogP contribution in [0.15, 0.2) is 54.5 Å². The highest BCUT2D eigenvalue weighted by Gasteiger charge is 2.42. The van der Waals surface area contributed by atoms with Gasteiger partial charge in [0.1, 0.15) is 24.2 Å². The molecular formula is C25H25NO7. The lowest BCUT2D eigenvalue weighted by Gasteiger charge is -2.36. The zero-order valence-corrected chi connectivity index (χ0v) is 18.5. The van der Waals surface area contributed by atoms with Crippen molar-refractivity contribution in [2.45, 2.75) is 51.7 Å². The predicted molar refractivity (Wildman–Crippen MR) is 119 cm³/mol. The number of carbonyl (C=O) groups is 2. The molecule has 8 heteroatoms. The molecule has 1 fully saturated rings. The Bertz CT molecular complexity index is 1110. The molecule has 1 saturated carbocycles. The summed E-state index contributed by atoms with van der Waals surface area (Å²) in [6.45, 7) is 3.59. The maximum atomic E-state index is 12.9. The summed E-state index contributed by atoms with van der Waals surface area (Å²) in [6, 6.07) is 11.9. The maximum absolute atomic E-state index is 12.9. The van der Waals surface area contributed by atoms with Gasteiger partial charge in [-0.25, -0.2) is 4.79 Å². The molecule has 0 spiro atoms. The van der Waals surface area contributed by atoms with Crippen molar-refractivity contribution in [1.29, 1.82) is 0 Å². The highest BCUT2D eigenvalue weighted by molar-refractivity contribution is 5.96. The van der Waals surface area contributed by atoms with E-state index in [1.54, 1.807) is 0 Å². The summed E-state index contributed by atoms with van der Waals surface area (Å²) in [6.07, 6.45) is 2.75. The van der Waals surface area contributed by atoms with Gasteiger partial charge in [0.2, 0.25) is 11.5 Å². The van der Waals surface area contributed by atoms with Crippen LogP contribution in [0, 0.1) is 23.0 Å². The molecule has 0 aromatic heterocycles. The summed E-state index contributed by atoms with van der Waals surface area (Å²) in [4.78, 5) is 36.2. The second kappa shape index (κ2) is 9.44. The number of nitro groups is 1. The predicted octanol–water partition coefficient (Wildman–Crippen LogP) is 4.68. The first kappa shape index (κ1) is 22.5. The fourth-order valence-corrected chi connectivity index (χ4v) is 4.29. The van der Waals surface area contributed by atoms with Crippen molar-refractivity contribution in [1.82, 2.24) is 0 Å². The standard InChI is InChI=1S/C25H25NO7/c1-3-16-7-9-17(10-8-16)32-23-14-31-22-13-18(11-12-20(22)24(23)27)33-25(28)19-5-4-6-21(15(19)2)26(29)30/h4-10,14,18,20,22H,3,11-13H2,1-2H3. The Kier molecular flexibility index (Phi) is 6.44. The molecule has 2 aromatic carbocycles. The summed E-state index contributed by atoms with van der Waals surface area (Å²) in [5.74, 6) is -0.358. The van der Waals surface area contributed by atoms with E-state index in [-0.39, 0.29) is 34.3 Å². The number of allylic oxidation sites excluding steroid dienone is 1. The Morgan fingerprint density at radius 3 is 2.64 bits per heavy atom. The number of carbonyl (C=O) groups excluding carboxylic acids is 2. The number of fused-ring (bicyclic) bond motifs is 1. The van der Waals surface area contributed by atoms with E-state index in [9.17, 15) is 19.7 Å². The van der Waals surface area contributed by atoms with Gasteiger partial charge < -0.3 is 14.2 Å². The average molecular weight is 451 g/mol. The number of rotatable bonds is 6. The first-order valence-electron chi connectivity index (χ1n) is 11.0. The number of ether oxygens (including phenoxy) is 3. The molecule has 0 bridgehead atoms. The Morgan fingerprint density at radius 1 is 1.18 bits per heavy atom. The molecule has 2 aliphatic rings. The second-order valence-electron chi connectivity index (χ2n) is 8.27. The normalized spacial score (nSPS) is 21.9. The van der Waals surface area contributed by atoms with Gasteiger partial charge in [-0.1, -0.05) is 25.1 Å². The molecule has 4 rings (SSSR count). The van der Waals surface area contributed by atoms with Crippen molar-refractivity contribution in [3.63, 3.8) is 0 Å². The lowest BCUT2D eigenvalue weighted by atomic mass is 9.80. The lowest BCUT2D eigenvalue weighted by Crippen LogP contribution is -2.43. The molecule has 0 saturated heterocycles. The highest BCUT2D eigenvalue weighted by Crippen LogP contribution is 2.35. The highest BCUT2D eigenvalue weighted by atomic mass is 16.6. The molecule has 2 aromatic rings. The number of aryl methyl sites for hydroxylation is 1. The monoisotopic (exact) mass is 451 g/mol. The van der Waals surface area contributed by atoms with Gasteiger partial charge in [-0.3, -0.25) is 14.9 Å². The van der Waals surface area contributed by atoms with Crippen LogP contribution in [0.3, 0.4) is 0 Å². The van der Waals surface area contributed by atoms with Gasteiger partial charge >= 0.3 is 5.97 Å². The summed E-state index contributed by atoms with van der Waals surface area (Å²) in [7, 11) is 0. The van der Waals surface area contributed by atoms with Crippen LogP contribution in [0.25, 0.3) is 0 Å². The minimum absolute atomic E-state index is 0.120. The Labute approximate surface area is 191 Å². The van der Waals surface area contributed by atoms with E-state index in [2.05, 4.69) is 6.92 Å². The number of hydrogen-bond acceptors (Lipinski definition) is 7. The van der Waals surface area contributed by atoms with Gasteiger partial charge in [0.05, 0.1) is 16.4 Å². The van der Waals surface area contributed by atoms with Gasteiger partial charge in [-0.2, -0.15) is 0 Å². The third-order valence-corrected chi connectivity index (χ3v) is 6.23. The Hall–Kier alpha value is -3.68. The third kappa shape index (κ3) is 4.74. The molecule has 1 aliphatic carbocycles. The van der Waals surface area contributed by atoms with E-state index in [1.807, 2.05) is 24.3 Å². The minimum atomic E-state index is -0.614. The number of hydrogen-bond donors (Lipinski definition) is 0. The van der Waals surface area contributed by atoms with Crippen LogP contribution in [0.5, 0.6) is 5.75 Å². The fraction of sp³-hybridized carbons (Fsp3) is 0.360. The largest absolute Gasteiger partial charge is 0.493 e. The van der Waals surface area contributed by atoms with Crippen LogP contribution < -0.4 is 4.74 Å². The quantitative estimate of drug-likeness (QED) is 0.357. The van der Waals surface area contributed by atoms with Crippen molar-refractivity contribution in [2.24, 2.45) is 5.92 Å². The smallest absolute Gasteiger partial charge is 0.338 e. The topological polar surface area (TPSA) is 105 Å². The molecule has 0 amide bonds. The molecular weight excluding hydrogens is 426 g/mol. The molecule has 1 heterocycles. The molecule has 172 valence electrons. The van der Waals surface area contributed by atoms with Crippen LogP contribution in [0.1, 0.15) is 47.7 Å². The van der Waals surface area contributed by atoms with Crippen LogP contribution in [-0.4, -0.2) is 28.9 Å². The van der Waals surface area contributed by atoms with E-state index in [1.165, 1.54) is 36.9 Å². The minimum Gasteiger partial charge on any atom is -0.493 e. The first-order chi connectivity index (χ1) is 15.9. The lowest BCUT2D eigenvalue weighted by molar-refractivity contribution is -0.385. The molecule has 0 radical (unpaired) electrons. The molecule has 1 aliphatic heterocycles. The van der Waals surface area contributed by atoms with Crippen LogP contribution in [-0.2, 0) is 20.7 Å². The average Bonchev–Trinajstić information content (AvgIpc) is 2.81. The summed E-state index contributed by atoms with van der Waals surface area (Å²) in [5, 5.41) is 11.1. The summed E-state index contributed by atoms with van der Waals surface area (Å²) < 4.78 is 17.2. The zero-order valence-electron chi connectivity index (χ0n) is 18.5. The number of Topliss-reactive ketones (excluding diaryl/α,β-unsaturated/α-hetero) is 1. The van der Waals surface area contributed by atoms with Gasteiger partial charge in [0, 0.05) is 18.1 Å². The Balaban J connectivity index is 1.39. The third-order valence-electron chi connectivity index (χ3n) is 6.23. The van der Waals surface area contributed by atoms with Crippen LogP contribution >= 0.6 is 0 Å². The first-order valence-corrected chi connectivity index (χ1v) is 11.0. The molecule has 8 nitrogen and oxygen atoms in total. The zero-order chi connectivity index (χ0) is 23.5.